The van der Waals surface area contributed by atoms with Gasteiger partial charge in [-0.2, -0.15) is 5.10 Å². The molecule has 2 saturated heterocycles. The molecule has 0 aliphatic carbocycles. The van der Waals surface area contributed by atoms with E-state index in [1.165, 1.54) is 44.3 Å². The van der Waals surface area contributed by atoms with Crippen molar-refractivity contribution in [3.8, 4) is 5.69 Å². The lowest BCUT2D eigenvalue weighted by Gasteiger charge is -2.26. The van der Waals surface area contributed by atoms with Gasteiger partial charge in [-0.3, -0.25) is 4.90 Å². The topological polar surface area (TPSA) is 44.5 Å². The fourth-order valence-electron chi connectivity index (χ4n) is 4.71. The van der Waals surface area contributed by atoms with Gasteiger partial charge in [-0.1, -0.05) is 25.0 Å². The van der Waals surface area contributed by atoms with E-state index in [4.69, 9.17) is 0 Å². The highest BCUT2D eigenvalue weighted by Gasteiger charge is 2.33. The van der Waals surface area contributed by atoms with Crippen LogP contribution < -0.4 is 0 Å². The second-order valence-corrected chi connectivity index (χ2v) is 8.23. The van der Waals surface area contributed by atoms with E-state index in [1.54, 1.807) is 0 Å². The summed E-state index contributed by atoms with van der Waals surface area (Å²) in [5.74, 6) is 0.991. The molecule has 3 heterocycles. The van der Waals surface area contributed by atoms with Gasteiger partial charge in [0.05, 0.1) is 5.69 Å². The average molecular weight is 369 g/mol. The van der Waals surface area contributed by atoms with Crippen molar-refractivity contribution in [3.05, 3.63) is 48.3 Å². The molecule has 1 aromatic heterocycles. The lowest BCUT2D eigenvalue weighted by molar-refractivity contribution is 0.165. The number of aliphatic hydroxyl groups excluding tert-OH is 1. The Hall–Kier alpha value is -1.69. The zero-order valence-corrected chi connectivity index (χ0v) is 16.2. The van der Waals surface area contributed by atoms with Crippen LogP contribution in [0.25, 0.3) is 5.69 Å². The number of benzene rings is 1. The highest BCUT2D eigenvalue weighted by atomic mass is 16.3. The van der Waals surface area contributed by atoms with Gasteiger partial charge in [-0.05, 0) is 61.5 Å². The third-order valence-electron chi connectivity index (χ3n) is 6.16. The summed E-state index contributed by atoms with van der Waals surface area (Å²) in [6, 6.07) is 10.6. The zero-order valence-electron chi connectivity index (χ0n) is 16.2. The smallest absolute Gasteiger partial charge is 0.0648 e. The Kier molecular flexibility index (Phi) is 6.22. The lowest BCUT2D eigenvalue weighted by Crippen LogP contribution is -2.34. The molecule has 4 rings (SSSR count). The molecule has 0 bridgehead atoms. The van der Waals surface area contributed by atoms with Gasteiger partial charge < -0.3 is 10.0 Å². The van der Waals surface area contributed by atoms with Gasteiger partial charge in [0.25, 0.3) is 0 Å². The molecule has 146 valence electrons. The van der Waals surface area contributed by atoms with Gasteiger partial charge in [-0.25, -0.2) is 4.68 Å². The molecule has 0 saturated carbocycles. The number of aliphatic hydroxyl groups is 1. The van der Waals surface area contributed by atoms with Crippen molar-refractivity contribution in [2.24, 2.45) is 11.8 Å². The number of rotatable bonds is 6. The summed E-state index contributed by atoms with van der Waals surface area (Å²) in [4.78, 5) is 5.16. The Bertz CT molecular complexity index is 694. The quantitative estimate of drug-likeness (QED) is 0.852. The molecule has 1 N–H and O–H groups in total. The second kappa shape index (κ2) is 9.00. The summed E-state index contributed by atoms with van der Waals surface area (Å²) in [6.07, 6.45) is 9.22. The Morgan fingerprint density at radius 1 is 0.963 bits per heavy atom. The predicted octanol–water partition coefficient (Wildman–Crippen LogP) is 2.79. The first kappa shape index (κ1) is 18.7. The van der Waals surface area contributed by atoms with E-state index < -0.39 is 0 Å². The maximum Gasteiger partial charge on any atom is 0.0648 e. The highest BCUT2D eigenvalue weighted by molar-refractivity contribution is 5.35. The molecule has 0 radical (unpaired) electrons. The standard InChI is InChI=1S/C22H32N4O/c27-18-21-17-25(16-20(21)15-24-10-3-1-2-4-11-24)14-19-7-5-8-22(13-19)26-12-6-9-23-26/h5-9,12-13,20-21,27H,1-4,10-11,14-18H2/t20-,21-/m0/s1. The molecule has 2 aliphatic heterocycles. The summed E-state index contributed by atoms with van der Waals surface area (Å²) in [6.45, 7) is 6.97. The summed E-state index contributed by atoms with van der Waals surface area (Å²) < 4.78 is 1.91. The molecule has 2 atom stereocenters. The van der Waals surface area contributed by atoms with E-state index in [-0.39, 0.29) is 0 Å². The maximum atomic E-state index is 9.92. The van der Waals surface area contributed by atoms with E-state index in [2.05, 4.69) is 39.2 Å². The Morgan fingerprint density at radius 2 is 1.78 bits per heavy atom. The Labute approximate surface area is 162 Å². The van der Waals surface area contributed by atoms with Crippen molar-refractivity contribution >= 4 is 0 Å². The van der Waals surface area contributed by atoms with Gasteiger partial charge in [0.2, 0.25) is 0 Å². The van der Waals surface area contributed by atoms with Crippen LogP contribution in [0.15, 0.2) is 42.7 Å². The fourth-order valence-corrected chi connectivity index (χ4v) is 4.71. The first-order chi connectivity index (χ1) is 13.3. The Balaban J connectivity index is 1.38. The van der Waals surface area contributed by atoms with Gasteiger partial charge in [0.15, 0.2) is 0 Å². The van der Waals surface area contributed by atoms with Crippen LogP contribution in [0.5, 0.6) is 0 Å². The third-order valence-corrected chi connectivity index (χ3v) is 6.16. The Morgan fingerprint density at radius 3 is 2.52 bits per heavy atom. The zero-order chi connectivity index (χ0) is 18.5. The molecule has 0 spiro atoms. The van der Waals surface area contributed by atoms with Crippen molar-refractivity contribution < 1.29 is 5.11 Å². The van der Waals surface area contributed by atoms with E-state index >= 15 is 0 Å². The molecule has 0 amide bonds. The number of hydrogen-bond acceptors (Lipinski definition) is 4. The van der Waals surface area contributed by atoms with Crippen LogP contribution in [0.1, 0.15) is 31.2 Å². The number of nitrogens with zero attached hydrogens (tertiary/aromatic N) is 4. The molecule has 2 aromatic rings. The predicted molar refractivity (Wildman–Crippen MR) is 108 cm³/mol. The fraction of sp³-hybridized carbons (Fsp3) is 0.591. The highest BCUT2D eigenvalue weighted by Crippen LogP contribution is 2.27. The molecular weight excluding hydrogens is 336 g/mol. The summed E-state index contributed by atoms with van der Waals surface area (Å²) >= 11 is 0. The summed E-state index contributed by atoms with van der Waals surface area (Å²) in [7, 11) is 0. The van der Waals surface area contributed by atoms with Crippen LogP contribution in [-0.2, 0) is 6.54 Å². The molecule has 1 aromatic carbocycles. The van der Waals surface area contributed by atoms with Gasteiger partial charge in [0, 0.05) is 45.2 Å². The van der Waals surface area contributed by atoms with Crippen LogP contribution in [0.2, 0.25) is 0 Å². The van der Waals surface area contributed by atoms with Crippen LogP contribution in [0, 0.1) is 11.8 Å². The summed E-state index contributed by atoms with van der Waals surface area (Å²) in [5, 5.41) is 14.3. The minimum absolute atomic E-state index is 0.308. The molecular formula is C22H32N4O. The van der Waals surface area contributed by atoms with Gasteiger partial charge in [0.1, 0.15) is 0 Å². The second-order valence-electron chi connectivity index (χ2n) is 8.23. The molecule has 0 unspecified atom stereocenters. The molecule has 5 heteroatoms. The number of likely N-dealkylation sites (tertiary alicyclic amines) is 2. The first-order valence-electron chi connectivity index (χ1n) is 10.5. The first-order valence-corrected chi connectivity index (χ1v) is 10.5. The monoisotopic (exact) mass is 368 g/mol. The molecule has 5 nitrogen and oxygen atoms in total. The van der Waals surface area contributed by atoms with Crippen LogP contribution in [0.4, 0.5) is 0 Å². The van der Waals surface area contributed by atoms with Crippen LogP contribution in [0.3, 0.4) is 0 Å². The SMILES string of the molecule is OC[C@@H]1CN(Cc2cccc(-n3cccn3)c2)C[C@@H]1CN1CCCCCC1. The van der Waals surface area contributed by atoms with E-state index in [1.807, 2.05) is 23.1 Å². The van der Waals surface area contributed by atoms with Crippen molar-refractivity contribution in [2.45, 2.75) is 32.2 Å². The van der Waals surface area contributed by atoms with E-state index in [0.717, 1.165) is 31.9 Å². The molecule has 27 heavy (non-hydrogen) atoms. The average Bonchev–Trinajstić information content (AvgIpc) is 3.27. The molecule has 2 fully saturated rings. The number of hydrogen-bond donors (Lipinski definition) is 1. The van der Waals surface area contributed by atoms with Gasteiger partial charge in [-0.15, -0.1) is 0 Å². The minimum atomic E-state index is 0.308. The van der Waals surface area contributed by atoms with E-state index in [0.29, 0.717) is 18.4 Å². The lowest BCUT2D eigenvalue weighted by atomic mass is 9.96. The van der Waals surface area contributed by atoms with Crippen LogP contribution in [-0.4, -0.2) is 64.0 Å². The maximum absolute atomic E-state index is 9.92. The van der Waals surface area contributed by atoms with Crippen molar-refractivity contribution in [2.75, 3.05) is 39.3 Å². The largest absolute Gasteiger partial charge is 0.396 e. The third kappa shape index (κ3) is 4.78. The van der Waals surface area contributed by atoms with Gasteiger partial charge >= 0.3 is 0 Å². The number of aromatic nitrogens is 2. The van der Waals surface area contributed by atoms with Crippen molar-refractivity contribution in [1.82, 2.24) is 19.6 Å². The summed E-state index contributed by atoms with van der Waals surface area (Å²) in [5.41, 5.74) is 2.42. The van der Waals surface area contributed by atoms with Crippen molar-refractivity contribution in [3.63, 3.8) is 0 Å². The molecule has 2 aliphatic rings. The van der Waals surface area contributed by atoms with Crippen molar-refractivity contribution in [1.29, 1.82) is 0 Å². The van der Waals surface area contributed by atoms with E-state index in [9.17, 15) is 5.11 Å². The van der Waals surface area contributed by atoms with Crippen LogP contribution >= 0.6 is 0 Å². The minimum Gasteiger partial charge on any atom is -0.396 e. The normalized spacial score (nSPS) is 24.9.